The van der Waals surface area contributed by atoms with Crippen molar-refractivity contribution >= 4 is 40.3 Å². The molecule has 34 heavy (non-hydrogen) atoms. The van der Waals surface area contributed by atoms with Crippen LogP contribution in [0.2, 0.25) is 0 Å². The predicted octanol–water partition coefficient (Wildman–Crippen LogP) is 1.77. The summed E-state index contributed by atoms with van der Waals surface area (Å²) in [4.78, 5) is 37.4. The van der Waals surface area contributed by atoms with Crippen LogP contribution in [0.4, 0.5) is 4.39 Å². The number of thioether (sulfide) groups is 1. The summed E-state index contributed by atoms with van der Waals surface area (Å²) in [7, 11) is 1.59. The fourth-order valence-electron chi connectivity index (χ4n) is 3.36. The van der Waals surface area contributed by atoms with E-state index in [1.807, 2.05) is 6.07 Å². The zero-order valence-corrected chi connectivity index (χ0v) is 19.0. The second-order valence-electron chi connectivity index (χ2n) is 7.24. The second-order valence-corrected chi connectivity index (χ2v) is 8.18. The van der Waals surface area contributed by atoms with Crippen LogP contribution >= 0.6 is 11.8 Å². The van der Waals surface area contributed by atoms with Gasteiger partial charge in [0, 0.05) is 25.8 Å². The molecule has 4 rings (SSSR count). The number of rotatable bonds is 8. The number of nitrogens with one attached hydrogen (secondary N) is 2. The van der Waals surface area contributed by atoms with E-state index in [1.165, 1.54) is 12.1 Å². The highest BCUT2D eigenvalue weighted by Crippen LogP contribution is 2.21. The maximum absolute atomic E-state index is 13.0. The second kappa shape index (κ2) is 10.4. The molecule has 0 atom stereocenters. The minimum Gasteiger partial charge on any atom is -0.385 e. The van der Waals surface area contributed by atoms with E-state index < -0.39 is 17.6 Å². The molecule has 0 saturated carbocycles. The number of carbonyl (C=O) groups excluding carboxylic acids is 2. The Kier molecular flexibility index (Phi) is 7.18. The third kappa shape index (κ3) is 4.92. The third-order valence-corrected chi connectivity index (χ3v) is 5.89. The number of hydrogen-bond donors (Lipinski definition) is 2. The number of aryl methyl sites for hydroxylation is 1. The summed E-state index contributed by atoms with van der Waals surface area (Å²) < 4.78 is 21.4. The highest BCUT2D eigenvalue weighted by atomic mass is 32.2. The van der Waals surface area contributed by atoms with Crippen LogP contribution < -0.4 is 16.4 Å². The zero-order valence-electron chi connectivity index (χ0n) is 18.2. The Balaban J connectivity index is 1.51. The van der Waals surface area contributed by atoms with Crippen LogP contribution in [0.15, 0.2) is 58.5 Å². The summed E-state index contributed by atoms with van der Waals surface area (Å²) in [5.41, 5.74) is 5.26. The molecule has 176 valence electrons. The minimum atomic E-state index is -0.572. The summed E-state index contributed by atoms with van der Waals surface area (Å²) >= 11 is 1.11. The lowest BCUT2D eigenvalue weighted by Gasteiger charge is -2.11. The van der Waals surface area contributed by atoms with Gasteiger partial charge >= 0.3 is 0 Å². The van der Waals surface area contributed by atoms with Crippen LogP contribution in [-0.4, -0.2) is 50.4 Å². The molecule has 2 amide bonds. The van der Waals surface area contributed by atoms with Crippen LogP contribution in [0.5, 0.6) is 0 Å². The van der Waals surface area contributed by atoms with Crippen LogP contribution in [0, 0.1) is 5.82 Å². The van der Waals surface area contributed by atoms with Crippen LogP contribution in [0.1, 0.15) is 16.8 Å². The van der Waals surface area contributed by atoms with Crippen molar-refractivity contribution in [2.75, 3.05) is 19.5 Å². The molecule has 0 bridgehead atoms. The molecule has 2 N–H and O–H groups in total. The first kappa shape index (κ1) is 23.4. The van der Waals surface area contributed by atoms with Gasteiger partial charge in [0.05, 0.1) is 16.7 Å². The number of aromatic nitrogens is 4. The highest BCUT2D eigenvalue weighted by Gasteiger charge is 2.17. The largest absolute Gasteiger partial charge is 0.385 e. The number of amides is 2. The standard InChI is InChI=1S/C22H21FN6O4S/c1-33-12-4-11-28-20(32)16-5-2-3-6-17(16)29-21(28)26-27-22(29)34-13-18(30)24-25-19(31)14-7-9-15(23)10-8-14/h2-3,5-10H,4,11-13H2,1H3,(H,24,30)(H,25,31). The zero-order chi connectivity index (χ0) is 24.1. The molecular formula is C22H21FN6O4S. The van der Waals surface area contributed by atoms with Gasteiger partial charge in [-0.2, -0.15) is 0 Å². The van der Waals surface area contributed by atoms with Crippen LogP contribution in [0.25, 0.3) is 16.7 Å². The van der Waals surface area contributed by atoms with Crippen molar-refractivity contribution < 1.29 is 18.7 Å². The molecule has 2 heterocycles. The Morgan fingerprint density at radius 3 is 2.62 bits per heavy atom. The van der Waals surface area contributed by atoms with E-state index >= 15 is 0 Å². The first-order valence-corrected chi connectivity index (χ1v) is 11.3. The van der Waals surface area contributed by atoms with Gasteiger partial charge in [-0.15, -0.1) is 10.2 Å². The number of fused-ring (bicyclic) bond motifs is 3. The molecular weight excluding hydrogens is 463 g/mol. The number of hydrogen-bond acceptors (Lipinski definition) is 7. The van der Waals surface area contributed by atoms with E-state index in [4.69, 9.17) is 4.74 Å². The van der Waals surface area contributed by atoms with E-state index in [1.54, 1.807) is 34.3 Å². The summed E-state index contributed by atoms with van der Waals surface area (Å²) in [6.07, 6.45) is 0.621. The van der Waals surface area contributed by atoms with Gasteiger partial charge < -0.3 is 4.74 Å². The predicted molar refractivity (Wildman–Crippen MR) is 124 cm³/mol. The lowest BCUT2D eigenvalue weighted by Crippen LogP contribution is -2.42. The van der Waals surface area contributed by atoms with Crippen molar-refractivity contribution in [1.29, 1.82) is 0 Å². The molecule has 0 saturated heterocycles. The van der Waals surface area contributed by atoms with Gasteiger partial charge in [-0.05, 0) is 42.8 Å². The third-order valence-electron chi connectivity index (χ3n) is 4.96. The number of para-hydroxylation sites is 1. The summed E-state index contributed by atoms with van der Waals surface area (Å²) in [5.74, 6) is -1.21. The van der Waals surface area contributed by atoms with Crippen molar-refractivity contribution in [3.8, 4) is 0 Å². The van der Waals surface area contributed by atoms with E-state index in [0.717, 1.165) is 23.9 Å². The van der Waals surface area contributed by atoms with Crippen molar-refractivity contribution in [3.63, 3.8) is 0 Å². The molecule has 0 radical (unpaired) electrons. The number of carbonyl (C=O) groups is 2. The molecule has 2 aromatic carbocycles. The average molecular weight is 485 g/mol. The van der Waals surface area contributed by atoms with Gasteiger partial charge in [-0.1, -0.05) is 23.9 Å². The fraction of sp³-hybridized carbons (Fsp3) is 0.227. The van der Waals surface area contributed by atoms with Crippen molar-refractivity contribution in [2.24, 2.45) is 0 Å². The van der Waals surface area contributed by atoms with Gasteiger partial charge in [-0.25, -0.2) is 4.39 Å². The summed E-state index contributed by atoms with van der Waals surface area (Å²) in [5, 5.41) is 9.30. The molecule has 12 heteroatoms. The van der Waals surface area contributed by atoms with Gasteiger partial charge in [0.2, 0.25) is 11.7 Å². The van der Waals surface area contributed by atoms with Crippen molar-refractivity contribution in [3.05, 3.63) is 70.3 Å². The number of ether oxygens (including phenoxy) is 1. The quantitative estimate of drug-likeness (QED) is 0.222. The van der Waals surface area contributed by atoms with E-state index in [2.05, 4.69) is 21.0 Å². The van der Waals surface area contributed by atoms with E-state index in [9.17, 15) is 18.8 Å². The first-order chi connectivity index (χ1) is 16.5. The Labute approximate surface area is 197 Å². The topological polar surface area (TPSA) is 120 Å². The Morgan fingerprint density at radius 1 is 1.09 bits per heavy atom. The molecule has 10 nitrogen and oxygen atoms in total. The number of benzene rings is 2. The van der Waals surface area contributed by atoms with Gasteiger partial charge in [-0.3, -0.25) is 34.2 Å². The maximum atomic E-state index is 13.0. The number of halogens is 1. The fourth-order valence-corrected chi connectivity index (χ4v) is 4.10. The normalized spacial score (nSPS) is 11.1. The lowest BCUT2D eigenvalue weighted by atomic mass is 10.2. The summed E-state index contributed by atoms with van der Waals surface area (Å²) in [6, 6.07) is 12.0. The van der Waals surface area contributed by atoms with E-state index in [0.29, 0.717) is 41.4 Å². The van der Waals surface area contributed by atoms with Crippen LogP contribution in [0.3, 0.4) is 0 Å². The minimum absolute atomic E-state index is 0.0678. The molecule has 4 aromatic rings. The van der Waals surface area contributed by atoms with Crippen molar-refractivity contribution in [2.45, 2.75) is 18.1 Å². The number of nitrogens with zero attached hydrogens (tertiary/aromatic N) is 4. The van der Waals surface area contributed by atoms with Gasteiger partial charge in [0.1, 0.15) is 5.82 Å². The maximum Gasteiger partial charge on any atom is 0.269 e. The van der Waals surface area contributed by atoms with Gasteiger partial charge in [0.25, 0.3) is 11.5 Å². The molecule has 0 fully saturated rings. The molecule has 0 unspecified atom stereocenters. The van der Waals surface area contributed by atoms with Crippen LogP contribution in [-0.2, 0) is 16.1 Å². The highest BCUT2D eigenvalue weighted by molar-refractivity contribution is 7.99. The monoisotopic (exact) mass is 484 g/mol. The Morgan fingerprint density at radius 2 is 1.85 bits per heavy atom. The lowest BCUT2D eigenvalue weighted by molar-refractivity contribution is -0.119. The Hall–Kier alpha value is -3.77. The summed E-state index contributed by atoms with van der Waals surface area (Å²) in [6.45, 7) is 0.894. The SMILES string of the molecule is COCCCn1c(=O)c2ccccc2n2c(SCC(=O)NNC(=O)c3ccc(F)cc3)nnc12. The Bertz CT molecular complexity index is 1400. The molecule has 0 aliphatic heterocycles. The molecule has 0 aliphatic carbocycles. The molecule has 2 aromatic heterocycles. The number of hydrazine groups is 1. The first-order valence-electron chi connectivity index (χ1n) is 10.3. The van der Waals surface area contributed by atoms with E-state index in [-0.39, 0.29) is 16.9 Å². The molecule has 0 spiro atoms. The smallest absolute Gasteiger partial charge is 0.269 e. The molecule has 0 aliphatic rings. The van der Waals surface area contributed by atoms with Gasteiger partial charge in [0.15, 0.2) is 5.16 Å². The van der Waals surface area contributed by atoms with Crippen molar-refractivity contribution in [1.82, 2.24) is 30.0 Å². The average Bonchev–Trinajstić information content (AvgIpc) is 3.27. The number of methoxy groups -OCH3 is 1.